The summed E-state index contributed by atoms with van der Waals surface area (Å²) in [6.45, 7) is 0.384. The maximum absolute atomic E-state index is 12.6. The summed E-state index contributed by atoms with van der Waals surface area (Å²) < 4.78 is 12.6. The molecule has 1 aromatic heterocycles. The van der Waals surface area contributed by atoms with E-state index in [1.807, 2.05) is 12.1 Å². The van der Waals surface area contributed by atoms with Crippen molar-refractivity contribution in [2.75, 3.05) is 5.32 Å². The topological polar surface area (TPSA) is 75.1 Å². The van der Waals surface area contributed by atoms with Crippen LogP contribution in [-0.2, 0) is 17.8 Å². The molecule has 0 aliphatic rings. The zero-order valence-electron chi connectivity index (χ0n) is 10.0. The number of hydrogen-bond donors (Lipinski definition) is 2. The molecular weight excluding hydrogens is 249 g/mol. The second kappa shape index (κ2) is 5.90. The molecule has 6 heteroatoms. The molecule has 0 aliphatic heterocycles. The van der Waals surface area contributed by atoms with Crippen LogP contribution in [0.5, 0.6) is 0 Å². The van der Waals surface area contributed by atoms with Crippen LogP contribution in [0.15, 0.2) is 36.7 Å². The van der Waals surface area contributed by atoms with E-state index in [2.05, 4.69) is 15.3 Å². The number of halogens is 1. The van der Waals surface area contributed by atoms with E-state index < -0.39 is 11.8 Å². The highest BCUT2D eigenvalue weighted by molar-refractivity contribution is 5.70. The number of hydrogen-bond acceptors (Lipinski definition) is 4. The smallest absolute Gasteiger partial charge is 0.307 e. The van der Waals surface area contributed by atoms with Gasteiger partial charge in [-0.05, 0) is 11.1 Å². The van der Waals surface area contributed by atoms with Gasteiger partial charge in [-0.15, -0.1) is 0 Å². The Kier molecular flexibility index (Phi) is 4.02. The van der Waals surface area contributed by atoms with Gasteiger partial charge in [0.25, 0.3) is 0 Å². The Labute approximate surface area is 109 Å². The van der Waals surface area contributed by atoms with E-state index in [4.69, 9.17) is 5.11 Å². The second-order valence-electron chi connectivity index (χ2n) is 3.92. The van der Waals surface area contributed by atoms with E-state index >= 15 is 0 Å². The van der Waals surface area contributed by atoms with Crippen molar-refractivity contribution in [1.82, 2.24) is 9.97 Å². The van der Waals surface area contributed by atoms with Gasteiger partial charge in [0, 0.05) is 6.54 Å². The summed E-state index contributed by atoms with van der Waals surface area (Å²) in [4.78, 5) is 18.3. The van der Waals surface area contributed by atoms with Crippen molar-refractivity contribution in [3.05, 3.63) is 53.6 Å². The first kappa shape index (κ1) is 12.9. The minimum absolute atomic E-state index is 0.0396. The molecule has 5 nitrogen and oxygen atoms in total. The molecule has 0 fully saturated rings. The van der Waals surface area contributed by atoms with E-state index in [0.717, 1.165) is 23.5 Å². The van der Waals surface area contributed by atoms with Crippen LogP contribution in [0.2, 0.25) is 0 Å². The van der Waals surface area contributed by atoms with Gasteiger partial charge in [0.15, 0.2) is 5.82 Å². The first-order valence-electron chi connectivity index (χ1n) is 5.65. The number of carboxylic acid groups (broad SMARTS) is 1. The Morgan fingerprint density at radius 3 is 2.47 bits per heavy atom. The quantitative estimate of drug-likeness (QED) is 0.859. The Hall–Kier alpha value is -2.50. The van der Waals surface area contributed by atoms with Crippen molar-refractivity contribution in [3.63, 3.8) is 0 Å². The molecule has 0 amide bonds. The van der Waals surface area contributed by atoms with Crippen LogP contribution in [0.4, 0.5) is 10.3 Å². The monoisotopic (exact) mass is 261 g/mol. The van der Waals surface area contributed by atoms with Crippen LogP contribution in [0.3, 0.4) is 0 Å². The molecule has 2 N–H and O–H groups in total. The van der Waals surface area contributed by atoms with Gasteiger partial charge in [0.1, 0.15) is 0 Å². The third kappa shape index (κ3) is 3.74. The van der Waals surface area contributed by atoms with Crippen LogP contribution in [-0.4, -0.2) is 21.0 Å². The highest BCUT2D eigenvalue weighted by Gasteiger charge is 2.06. The summed E-state index contributed by atoms with van der Waals surface area (Å²) >= 11 is 0. The van der Waals surface area contributed by atoms with E-state index in [0.29, 0.717) is 12.5 Å². The van der Waals surface area contributed by atoms with E-state index in [1.165, 1.54) is 0 Å². The molecule has 1 heterocycles. The Morgan fingerprint density at radius 1 is 1.21 bits per heavy atom. The van der Waals surface area contributed by atoms with Crippen molar-refractivity contribution in [2.24, 2.45) is 0 Å². The molecule has 98 valence electrons. The highest BCUT2D eigenvalue weighted by Crippen LogP contribution is 2.11. The van der Waals surface area contributed by atoms with Crippen molar-refractivity contribution in [3.8, 4) is 0 Å². The molecule has 0 unspecified atom stereocenters. The van der Waals surface area contributed by atoms with Crippen LogP contribution < -0.4 is 5.32 Å². The van der Waals surface area contributed by atoms with Gasteiger partial charge in [0.2, 0.25) is 5.95 Å². The van der Waals surface area contributed by atoms with E-state index in [1.54, 1.807) is 12.1 Å². The van der Waals surface area contributed by atoms with Gasteiger partial charge in [-0.3, -0.25) is 4.79 Å². The molecule has 2 aromatic rings. The summed E-state index contributed by atoms with van der Waals surface area (Å²) in [6, 6.07) is 7.20. The van der Waals surface area contributed by atoms with Gasteiger partial charge >= 0.3 is 5.97 Å². The molecule has 0 spiro atoms. The third-order valence-electron chi connectivity index (χ3n) is 2.52. The molecular formula is C13H12FN3O2. The summed E-state index contributed by atoms with van der Waals surface area (Å²) in [5.74, 6) is -1.09. The fourth-order valence-corrected chi connectivity index (χ4v) is 1.64. The minimum atomic E-state index is -0.884. The zero-order valence-corrected chi connectivity index (χ0v) is 10.0. The van der Waals surface area contributed by atoms with Crippen LogP contribution >= 0.6 is 0 Å². The Balaban J connectivity index is 2.06. The molecule has 0 saturated heterocycles. The van der Waals surface area contributed by atoms with Crippen molar-refractivity contribution in [2.45, 2.75) is 13.0 Å². The predicted octanol–water partition coefficient (Wildman–Crippen LogP) is 1.85. The Morgan fingerprint density at radius 2 is 1.84 bits per heavy atom. The van der Waals surface area contributed by atoms with Crippen LogP contribution in [0.25, 0.3) is 0 Å². The lowest BCUT2D eigenvalue weighted by Gasteiger charge is -2.08. The molecule has 0 bridgehead atoms. The summed E-state index contributed by atoms with van der Waals surface area (Å²) in [6.07, 6.45) is 2.10. The molecule has 0 atom stereocenters. The summed E-state index contributed by atoms with van der Waals surface area (Å²) in [5, 5.41) is 11.7. The Bertz CT molecular complexity index is 572. The van der Waals surface area contributed by atoms with Gasteiger partial charge in [-0.2, -0.15) is 0 Å². The first-order valence-corrected chi connectivity index (χ1v) is 5.65. The summed E-state index contributed by atoms with van der Waals surface area (Å²) in [7, 11) is 0. The molecule has 0 radical (unpaired) electrons. The third-order valence-corrected chi connectivity index (χ3v) is 2.52. The lowest BCUT2D eigenvalue weighted by atomic mass is 10.0. The number of nitrogens with zero attached hydrogens (tertiary/aromatic N) is 2. The highest BCUT2D eigenvalue weighted by atomic mass is 19.1. The number of carboxylic acids is 1. The standard InChI is InChI=1S/C13H12FN3O2/c14-11-7-16-13(17-8-11)15-6-10-4-2-1-3-9(10)5-12(18)19/h1-4,7-8H,5-6H2,(H,18,19)(H,15,16,17). The normalized spacial score (nSPS) is 10.2. The number of anilines is 1. The maximum atomic E-state index is 12.6. The van der Waals surface area contributed by atoms with Crippen molar-refractivity contribution < 1.29 is 14.3 Å². The number of aromatic nitrogens is 2. The number of rotatable bonds is 5. The second-order valence-corrected chi connectivity index (χ2v) is 3.92. The number of benzene rings is 1. The molecule has 19 heavy (non-hydrogen) atoms. The minimum Gasteiger partial charge on any atom is -0.481 e. The van der Waals surface area contributed by atoms with E-state index in [9.17, 15) is 9.18 Å². The van der Waals surface area contributed by atoms with Gasteiger partial charge < -0.3 is 10.4 Å². The van der Waals surface area contributed by atoms with Gasteiger partial charge in [0.05, 0.1) is 18.8 Å². The van der Waals surface area contributed by atoms with Gasteiger partial charge in [-0.25, -0.2) is 14.4 Å². The zero-order chi connectivity index (χ0) is 13.7. The summed E-state index contributed by atoms with van der Waals surface area (Å²) in [5.41, 5.74) is 1.57. The number of nitrogens with one attached hydrogen (secondary N) is 1. The fourth-order valence-electron chi connectivity index (χ4n) is 1.64. The van der Waals surface area contributed by atoms with Crippen molar-refractivity contribution >= 4 is 11.9 Å². The average Bonchev–Trinajstić information content (AvgIpc) is 2.39. The molecule has 0 aliphatic carbocycles. The largest absolute Gasteiger partial charge is 0.481 e. The van der Waals surface area contributed by atoms with Crippen LogP contribution in [0, 0.1) is 5.82 Å². The molecule has 0 saturated carbocycles. The van der Waals surface area contributed by atoms with Gasteiger partial charge in [-0.1, -0.05) is 24.3 Å². The average molecular weight is 261 g/mol. The molecule has 2 rings (SSSR count). The van der Waals surface area contributed by atoms with Crippen molar-refractivity contribution in [1.29, 1.82) is 0 Å². The lowest BCUT2D eigenvalue weighted by Crippen LogP contribution is -2.08. The SMILES string of the molecule is O=C(O)Cc1ccccc1CNc1ncc(F)cn1. The lowest BCUT2D eigenvalue weighted by molar-refractivity contribution is -0.136. The molecule has 1 aromatic carbocycles. The number of aliphatic carboxylic acids is 1. The van der Waals surface area contributed by atoms with E-state index in [-0.39, 0.29) is 6.42 Å². The maximum Gasteiger partial charge on any atom is 0.307 e. The predicted molar refractivity (Wildman–Crippen MR) is 67.1 cm³/mol. The fraction of sp³-hybridized carbons (Fsp3) is 0.154. The first-order chi connectivity index (χ1) is 9.15. The number of carbonyl (C=O) groups is 1. The van der Waals surface area contributed by atoms with Crippen LogP contribution in [0.1, 0.15) is 11.1 Å².